The van der Waals surface area contributed by atoms with Crippen LogP contribution in [0, 0.1) is 33.1 Å². The molecule has 8 aromatic rings. The van der Waals surface area contributed by atoms with E-state index in [-0.39, 0.29) is 98.7 Å². The number of aliphatic hydroxyl groups excluding tert-OH is 6. The molecule has 8 aromatic heterocycles. The molecule has 0 aliphatic carbocycles. The predicted octanol–water partition coefficient (Wildman–Crippen LogP) is 14.6. The van der Waals surface area contributed by atoms with Crippen LogP contribution in [0.25, 0.3) is 99.9 Å². The number of ether oxygens (including phenoxy) is 2. The zero-order valence-corrected chi connectivity index (χ0v) is 79.3. The van der Waals surface area contributed by atoms with Gasteiger partial charge >= 0.3 is 41.4 Å². The normalized spacial score (nSPS) is 18.5. The SMILES string of the molecule is CC1=C(CCC(=O)O)c2cc3nc(cc4[nH]c(cc5[nH]c(cc1n2)c(C)c5C(C)OC(C)c1c(C)c2cc5[nH]c(cc6nc(cc7nc(cc1[nH]2)C(C)=C7CCC(=O)SCCN=C(O)CCN=C(O)C(O)C(C)(C)COP(=O)(O)OP(=O)(O)OCC1OC(n2cnc7c(N)ncnc72)C(O)C1OP(=O)(O)O)C(CCC(=O)O)=C6C)c(C)c5C(C)O)c(C)c4C(C)O)C(C)=C3CCC(=O)O. The lowest BCUT2D eigenvalue weighted by Crippen LogP contribution is -2.40. The molecule has 5 aliphatic rings. The molecule has 0 spiro atoms. The highest BCUT2D eigenvalue weighted by Gasteiger charge is 2.51. The number of nitrogen functional groups attached to an aromatic ring is 1. The molecular formula is C89H108N15O26P3S. The number of aromatic nitrogens is 12. The first-order valence-corrected chi connectivity index (χ1v) is 48.4. The summed E-state index contributed by atoms with van der Waals surface area (Å²) in [5.41, 5.74) is 24.9. The van der Waals surface area contributed by atoms with E-state index in [9.17, 15) is 98.4 Å². The summed E-state index contributed by atoms with van der Waals surface area (Å²) in [7, 11) is -16.7. The molecule has 134 heavy (non-hydrogen) atoms. The van der Waals surface area contributed by atoms with Crippen molar-refractivity contribution in [2.75, 3.05) is 37.8 Å². The number of aliphatic imine (C=N–C) groups is 2. The molecule has 13 rings (SSSR count). The van der Waals surface area contributed by atoms with E-state index in [1.165, 1.54) is 13.8 Å². The number of aryl methyl sites for hydroxylation is 4. The first-order valence-electron chi connectivity index (χ1n) is 42.9. The fourth-order valence-corrected chi connectivity index (χ4v) is 20.8. The van der Waals surface area contributed by atoms with Crippen molar-refractivity contribution in [3.8, 4) is 0 Å². The van der Waals surface area contributed by atoms with Gasteiger partial charge in [0.2, 0.25) is 5.90 Å². The Hall–Kier alpha value is -11.0. The van der Waals surface area contributed by atoms with Crippen molar-refractivity contribution in [1.82, 2.24) is 59.4 Å². The Kier molecular flexibility index (Phi) is 30.4. The lowest BCUT2D eigenvalue weighted by atomic mass is 9.87. The number of phosphoric ester groups is 3. The number of rotatable bonds is 37. The molecule has 0 aromatic carbocycles. The molecule has 19 N–H and O–H groups in total. The van der Waals surface area contributed by atoms with Gasteiger partial charge in [0.15, 0.2) is 28.7 Å². The average molecular weight is 1930 g/mol. The molecule has 1 fully saturated rings. The molecule has 5 aliphatic heterocycles. The lowest BCUT2D eigenvalue weighted by molar-refractivity contribution is -0.137. The first kappa shape index (κ1) is 101. The van der Waals surface area contributed by atoms with Crippen LogP contribution in [0.3, 0.4) is 0 Å². The van der Waals surface area contributed by atoms with Crippen molar-refractivity contribution >= 4 is 176 Å². The number of imidazole rings is 1. The molecule has 41 nitrogen and oxygen atoms in total. The van der Waals surface area contributed by atoms with Gasteiger partial charge in [-0.25, -0.2) is 48.6 Å². The number of aromatic amines is 4. The quantitative estimate of drug-likeness (QED) is 0.00744. The number of nitrogens with zero attached hydrogens (tertiary/aromatic N) is 10. The Balaban J connectivity index is 0.740. The van der Waals surface area contributed by atoms with Gasteiger partial charge in [-0.1, -0.05) is 25.6 Å². The maximum Gasteiger partial charge on any atom is 0.481 e. The number of fused-ring (bicyclic) bond motifs is 17. The van der Waals surface area contributed by atoms with E-state index in [1.807, 2.05) is 106 Å². The molecular weight excluding hydrogens is 1820 g/mol. The van der Waals surface area contributed by atoms with Gasteiger partial charge in [0.05, 0.1) is 103 Å². The number of nitrogens with one attached hydrogen (secondary N) is 4. The van der Waals surface area contributed by atoms with E-state index in [0.717, 1.165) is 79.1 Å². The van der Waals surface area contributed by atoms with Gasteiger partial charge < -0.3 is 101 Å². The maximum atomic E-state index is 14.1. The number of hydrogen-bond acceptors (Lipinski definition) is 28. The van der Waals surface area contributed by atoms with Crippen molar-refractivity contribution in [3.63, 3.8) is 0 Å². The van der Waals surface area contributed by atoms with Crippen LogP contribution in [-0.4, -0.2) is 216 Å². The van der Waals surface area contributed by atoms with Crippen LogP contribution in [0.15, 0.2) is 71.2 Å². The highest BCUT2D eigenvalue weighted by atomic mass is 32.2. The van der Waals surface area contributed by atoms with Crippen molar-refractivity contribution in [2.45, 2.75) is 210 Å². The summed E-state index contributed by atoms with van der Waals surface area (Å²) in [6.45, 7) is 22.6. The number of carboxylic acid groups (broad SMARTS) is 3. The van der Waals surface area contributed by atoms with Gasteiger partial charge in [0.25, 0.3) is 0 Å². The van der Waals surface area contributed by atoms with Gasteiger partial charge in [-0.2, -0.15) is 4.31 Å². The summed E-state index contributed by atoms with van der Waals surface area (Å²) in [6.07, 6.45) is -10.6. The minimum absolute atomic E-state index is 0.00126. The molecule has 1 saturated heterocycles. The summed E-state index contributed by atoms with van der Waals surface area (Å²) in [5, 5.41) is 96.7. The number of phosphoric acid groups is 3. The van der Waals surface area contributed by atoms with Gasteiger partial charge in [-0.05, 0) is 224 Å². The summed E-state index contributed by atoms with van der Waals surface area (Å²) < 4.78 is 71.2. The molecule has 16 bridgehead atoms. The molecule has 716 valence electrons. The van der Waals surface area contributed by atoms with E-state index >= 15 is 0 Å². The molecule has 0 saturated carbocycles. The number of carbonyl (C=O) groups excluding carboxylic acids is 1. The second-order valence-corrected chi connectivity index (χ2v) is 39.6. The van der Waals surface area contributed by atoms with Crippen LogP contribution in [0.1, 0.15) is 248 Å². The molecule has 11 atom stereocenters. The van der Waals surface area contributed by atoms with Crippen LogP contribution in [0.2, 0.25) is 0 Å². The molecule has 45 heteroatoms. The smallest absolute Gasteiger partial charge is 0.481 e. The number of aliphatic carboxylic acids is 3. The zero-order chi connectivity index (χ0) is 97.6. The number of carbonyl (C=O) groups is 4. The number of allylic oxidation sites excluding steroid dienone is 8. The largest absolute Gasteiger partial charge is 0.497 e. The average Bonchev–Trinajstić information content (AvgIpc) is 1.56. The van der Waals surface area contributed by atoms with Crippen LogP contribution < -0.4 is 5.73 Å². The van der Waals surface area contributed by atoms with Crippen molar-refractivity contribution < 1.29 is 126 Å². The van der Waals surface area contributed by atoms with Crippen molar-refractivity contribution in [1.29, 1.82) is 0 Å². The minimum Gasteiger partial charge on any atom is -0.497 e. The van der Waals surface area contributed by atoms with Crippen LogP contribution >= 0.6 is 35.2 Å². The zero-order valence-electron chi connectivity index (χ0n) is 75.8. The number of carboxylic acids is 3. The first-order chi connectivity index (χ1) is 63.0. The summed E-state index contributed by atoms with van der Waals surface area (Å²) in [4.78, 5) is 146. The maximum absolute atomic E-state index is 14.1. The summed E-state index contributed by atoms with van der Waals surface area (Å²) in [5.74, 6) is -4.32. The Bertz CT molecular complexity index is 6770. The van der Waals surface area contributed by atoms with E-state index in [1.54, 1.807) is 26.0 Å². The minimum atomic E-state index is -5.68. The van der Waals surface area contributed by atoms with E-state index < -0.39 is 127 Å². The Morgan fingerprint density at radius 3 is 1.40 bits per heavy atom. The lowest BCUT2D eigenvalue weighted by Gasteiger charge is -2.29. The third-order valence-electron chi connectivity index (χ3n) is 24.3. The third-order valence-corrected chi connectivity index (χ3v) is 28.4. The van der Waals surface area contributed by atoms with E-state index in [2.05, 4.69) is 49.2 Å². The van der Waals surface area contributed by atoms with Crippen LogP contribution in [-0.2, 0) is 60.2 Å². The number of nitrogens with two attached hydrogens (primary N) is 1. The predicted molar refractivity (Wildman–Crippen MR) is 501 cm³/mol. The summed E-state index contributed by atoms with van der Waals surface area (Å²) >= 11 is 0.964. The Morgan fingerprint density at radius 2 is 0.948 bits per heavy atom. The number of anilines is 1. The van der Waals surface area contributed by atoms with Crippen LogP contribution in [0.4, 0.5) is 5.82 Å². The van der Waals surface area contributed by atoms with Gasteiger partial charge in [0, 0.05) is 110 Å². The second kappa shape index (κ2) is 40.5. The molecule has 0 amide bonds. The van der Waals surface area contributed by atoms with E-state index in [4.69, 9.17) is 48.7 Å². The van der Waals surface area contributed by atoms with Crippen molar-refractivity contribution in [2.24, 2.45) is 15.4 Å². The van der Waals surface area contributed by atoms with E-state index in [0.29, 0.717) is 129 Å². The summed E-state index contributed by atoms with van der Waals surface area (Å²) in [6, 6.07) is 15.1. The Morgan fingerprint density at radius 1 is 0.537 bits per heavy atom. The molecule has 13 heterocycles. The highest BCUT2D eigenvalue weighted by molar-refractivity contribution is 8.13. The van der Waals surface area contributed by atoms with Crippen LogP contribution in [0.5, 0.6) is 0 Å². The fourth-order valence-electron chi connectivity index (χ4n) is 17.3. The number of H-pyrrole nitrogens is 4. The number of hydrogen-bond donors (Lipinski definition) is 18. The second-order valence-electron chi connectivity index (χ2n) is 34.2. The topological polar surface area (TPSA) is 647 Å². The van der Waals surface area contributed by atoms with Gasteiger partial charge in [0.1, 0.15) is 36.3 Å². The number of aliphatic hydroxyl groups is 6. The highest BCUT2D eigenvalue weighted by Crippen LogP contribution is 2.62. The number of thioether (sulfide) groups is 1. The van der Waals surface area contributed by atoms with Crippen molar-refractivity contribution in [3.05, 3.63) is 151 Å². The standard InChI is InChI=1S/C89H108N15O26P3S/c1-39-51(15-19-73(108)109)64-34-66-54(18-22-76(114)134-26-25-91-72(107)23-24-92-87(117)84(116)89(13,14)36-126-133(123,124)130-132(121,122)125-35-71-83(129-131(118,119)120)82(115)88(128-71)104-38-95-81-85(90)93-37-94-86(81)104)42(4)58(99-66)30-69-80(46(8)62(103-69)31-68-77(47(9)105)43(5)59(100-68)27-55(39)96-64)50(12)127-49(11)79-45(7)60-28-56-40(2)52(16-20-74(110)111)63(97-56)33-65-53(17-21-75(112)113)41(3)57(98-65)29-67-78(48(10)106)44(6)61(101-67)32-70(79)102-60/h27-34,37-38,47-50,71,82-84,88,100-103,105-106,115-116H,15-26,35-36H2,1-14H3,(H,91,107)(H,92,117)(H,108,109)(H,110,111)(H,112,113)(H,121,122)(H,123,124)(H2,90,93,94)(H2,118,119,120). The van der Waals surface area contributed by atoms with Gasteiger partial charge in [-0.3, -0.25) is 47.3 Å². The monoisotopic (exact) mass is 1930 g/mol. The Labute approximate surface area is 771 Å². The third kappa shape index (κ3) is 22.4. The fraction of sp³-hybridized carbons (Fsp3) is 0.427. The molecule has 11 unspecified atom stereocenters. The van der Waals surface area contributed by atoms with Gasteiger partial charge in [-0.15, -0.1) is 0 Å². The molecule has 0 radical (unpaired) electrons.